The molecule has 0 aromatic heterocycles. The van der Waals surface area contributed by atoms with Gasteiger partial charge in [0.25, 0.3) is 0 Å². The number of morpholine rings is 1. The maximum Gasteiger partial charge on any atom is 0.223 e. The highest BCUT2D eigenvalue weighted by molar-refractivity contribution is 5.85. The van der Waals surface area contributed by atoms with Gasteiger partial charge in [-0.25, -0.2) is 0 Å². The fourth-order valence-corrected chi connectivity index (χ4v) is 4.19. The third-order valence-electron chi connectivity index (χ3n) is 5.29. The number of ether oxygens (including phenoxy) is 1. The molecule has 0 aliphatic carbocycles. The van der Waals surface area contributed by atoms with E-state index in [1.54, 1.807) is 0 Å². The molecule has 3 heterocycles. The molecular weight excluding hydrogens is 288 g/mol. The molecule has 2 bridgehead atoms. The molecule has 4 nitrogen and oxygen atoms in total. The van der Waals surface area contributed by atoms with Gasteiger partial charge in [0.2, 0.25) is 5.91 Å². The molecule has 0 spiro atoms. The van der Waals surface area contributed by atoms with Gasteiger partial charge in [-0.1, -0.05) is 6.92 Å². The normalized spacial score (nSPS) is 39.0. The lowest BCUT2D eigenvalue weighted by Crippen LogP contribution is -2.52. The summed E-state index contributed by atoms with van der Waals surface area (Å²) >= 11 is 0. The second-order valence-electron chi connectivity index (χ2n) is 6.93. The summed E-state index contributed by atoms with van der Waals surface area (Å²) in [6, 6.07) is 1.64. The minimum Gasteiger partial charge on any atom is -0.375 e. The van der Waals surface area contributed by atoms with E-state index in [-0.39, 0.29) is 24.6 Å². The molecule has 21 heavy (non-hydrogen) atoms. The minimum atomic E-state index is 0. The second kappa shape index (κ2) is 7.30. The molecule has 3 aliphatic heterocycles. The number of halogens is 1. The van der Waals surface area contributed by atoms with Crippen LogP contribution < -0.4 is 5.32 Å². The molecule has 4 unspecified atom stereocenters. The predicted molar refractivity (Wildman–Crippen MR) is 85.7 cm³/mol. The molecule has 1 amide bonds. The van der Waals surface area contributed by atoms with Crippen molar-refractivity contribution < 1.29 is 9.53 Å². The Balaban J connectivity index is 0.00000161. The molecule has 0 aromatic carbocycles. The van der Waals surface area contributed by atoms with E-state index in [0.29, 0.717) is 30.5 Å². The van der Waals surface area contributed by atoms with Crippen molar-refractivity contribution in [1.82, 2.24) is 10.2 Å². The van der Waals surface area contributed by atoms with E-state index < -0.39 is 0 Å². The Hall–Kier alpha value is -0.320. The standard InChI is InChI=1S/C16H28N2O2.ClH/c1-3-15-10-20-11(2)9-18(15)16(19)8-12-6-13-4-5-14(7-12)17-13;/h11-15,17H,3-10H2,1-2H3;1H. The van der Waals surface area contributed by atoms with Crippen LogP contribution in [0, 0.1) is 5.92 Å². The van der Waals surface area contributed by atoms with Crippen LogP contribution in [0.1, 0.15) is 52.4 Å². The summed E-state index contributed by atoms with van der Waals surface area (Å²) in [7, 11) is 0. The molecule has 5 heteroatoms. The Morgan fingerprint density at radius 2 is 1.95 bits per heavy atom. The number of carbonyl (C=O) groups excluding carboxylic acids is 1. The number of nitrogens with one attached hydrogen (secondary N) is 1. The SMILES string of the molecule is CCC1COC(C)CN1C(=O)CC1CC2CCC(C1)N2.Cl. The van der Waals surface area contributed by atoms with Crippen molar-refractivity contribution in [3.05, 3.63) is 0 Å². The largest absolute Gasteiger partial charge is 0.375 e. The van der Waals surface area contributed by atoms with Crippen LogP contribution in [-0.2, 0) is 9.53 Å². The molecule has 3 fully saturated rings. The van der Waals surface area contributed by atoms with Crippen molar-refractivity contribution in [3.8, 4) is 0 Å². The van der Waals surface area contributed by atoms with Gasteiger partial charge in [0, 0.05) is 25.0 Å². The van der Waals surface area contributed by atoms with E-state index >= 15 is 0 Å². The predicted octanol–water partition coefficient (Wildman–Crippen LogP) is 2.35. The summed E-state index contributed by atoms with van der Waals surface area (Å²) in [4.78, 5) is 14.8. The molecule has 0 radical (unpaired) electrons. The number of fused-ring (bicyclic) bond motifs is 2. The number of carbonyl (C=O) groups is 1. The Kier molecular flexibility index (Phi) is 5.92. The van der Waals surface area contributed by atoms with Crippen LogP contribution in [0.15, 0.2) is 0 Å². The number of nitrogens with zero attached hydrogens (tertiary/aromatic N) is 1. The molecule has 122 valence electrons. The molecule has 4 atom stereocenters. The first-order valence-electron chi connectivity index (χ1n) is 8.32. The average molecular weight is 317 g/mol. The second-order valence-corrected chi connectivity index (χ2v) is 6.93. The number of hydrogen-bond donors (Lipinski definition) is 1. The number of amides is 1. The smallest absolute Gasteiger partial charge is 0.223 e. The van der Waals surface area contributed by atoms with Crippen LogP contribution >= 0.6 is 12.4 Å². The van der Waals surface area contributed by atoms with Gasteiger partial charge in [-0.3, -0.25) is 4.79 Å². The fourth-order valence-electron chi connectivity index (χ4n) is 4.19. The van der Waals surface area contributed by atoms with E-state index in [0.717, 1.165) is 19.4 Å². The van der Waals surface area contributed by atoms with E-state index in [9.17, 15) is 4.79 Å². The first-order valence-corrected chi connectivity index (χ1v) is 8.32. The van der Waals surface area contributed by atoms with Crippen LogP contribution in [0.4, 0.5) is 0 Å². The lowest BCUT2D eigenvalue weighted by Gasteiger charge is -2.39. The van der Waals surface area contributed by atoms with Gasteiger partial charge in [0.15, 0.2) is 0 Å². The molecule has 1 N–H and O–H groups in total. The Labute approximate surface area is 134 Å². The van der Waals surface area contributed by atoms with Crippen molar-refractivity contribution in [2.75, 3.05) is 13.2 Å². The highest BCUT2D eigenvalue weighted by atomic mass is 35.5. The van der Waals surface area contributed by atoms with Gasteiger partial charge in [-0.2, -0.15) is 0 Å². The Morgan fingerprint density at radius 1 is 1.29 bits per heavy atom. The van der Waals surface area contributed by atoms with Gasteiger partial charge >= 0.3 is 0 Å². The van der Waals surface area contributed by atoms with E-state index in [2.05, 4.69) is 24.1 Å². The van der Waals surface area contributed by atoms with Crippen molar-refractivity contribution in [2.45, 2.75) is 76.6 Å². The van der Waals surface area contributed by atoms with E-state index in [1.807, 2.05) is 0 Å². The maximum atomic E-state index is 12.7. The summed E-state index contributed by atoms with van der Waals surface area (Å²) in [5.74, 6) is 0.954. The highest BCUT2D eigenvalue weighted by Crippen LogP contribution is 2.33. The van der Waals surface area contributed by atoms with Gasteiger partial charge in [-0.15, -0.1) is 12.4 Å². The molecule has 3 rings (SSSR count). The number of hydrogen-bond acceptors (Lipinski definition) is 3. The highest BCUT2D eigenvalue weighted by Gasteiger charge is 2.36. The lowest BCUT2D eigenvalue weighted by atomic mass is 9.89. The topological polar surface area (TPSA) is 41.6 Å². The zero-order chi connectivity index (χ0) is 14.1. The summed E-state index contributed by atoms with van der Waals surface area (Å²) in [5, 5.41) is 3.66. The van der Waals surface area contributed by atoms with Crippen LogP contribution in [0.5, 0.6) is 0 Å². The number of rotatable bonds is 3. The summed E-state index contributed by atoms with van der Waals surface area (Å²) < 4.78 is 5.69. The summed E-state index contributed by atoms with van der Waals surface area (Å²) in [6.07, 6.45) is 6.93. The van der Waals surface area contributed by atoms with Crippen LogP contribution in [0.25, 0.3) is 0 Å². The quantitative estimate of drug-likeness (QED) is 0.869. The third-order valence-corrected chi connectivity index (χ3v) is 5.29. The molecule has 0 saturated carbocycles. The van der Waals surface area contributed by atoms with Crippen LogP contribution in [0.2, 0.25) is 0 Å². The van der Waals surface area contributed by atoms with Crippen molar-refractivity contribution >= 4 is 18.3 Å². The third kappa shape index (κ3) is 3.91. The van der Waals surface area contributed by atoms with Gasteiger partial charge < -0.3 is 15.0 Å². The zero-order valence-corrected chi connectivity index (χ0v) is 14.0. The monoisotopic (exact) mass is 316 g/mol. The van der Waals surface area contributed by atoms with Gasteiger partial charge in [0.1, 0.15) is 0 Å². The van der Waals surface area contributed by atoms with Crippen molar-refractivity contribution in [2.24, 2.45) is 5.92 Å². The average Bonchev–Trinajstić information content (AvgIpc) is 2.78. The fraction of sp³-hybridized carbons (Fsp3) is 0.938. The van der Waals surface area contributed by atoms with E-state index in [4.69, 9.17) is 4.74 Å². The summed E-state index contributed by atoms with van der Waals surface area (Å²) in [6.45, 7) is 5.70. The zero-order valence-electron chi connectivity index (χ0n) is 13.2. The lowest BCUT2D eigenvalue weighted by molar-refractivity contribution is -0.145. The summed E-state index contributed by atoms with van der Waals surface area (Å²) in [5.41, 5.74) is 0. The maximum absolute atomic E-state index is 12.7. The first kappa shape index (κ1) is 17.0. The van der Waals surface area contributed by atoms with Crippen LogP contribution in [0.3, 0.4) is 0 Å². The number of piperidine rings is 1. The molecule has 0 aromatic rings. The Bertz CT molecular complexity index is 354. The van der Waals surface area contributed by atoms with Gasteiger partial charge in [-0.05, 0) is 44.9 Å². The molecular formula is C16H29ClN2O2. The van der Waals surface area contributed by atoms with Gasteiger partial charge in [0.05, 0.1) is 18.8 Å². The van der Waals surface area contributed by atoms with Crippen molar-refractivity contribution in [3.63, 3.8) is 0 Å². The first-order chi connectivity index (χ1) is 9.65. The minimum absolute atomic E-state index is 0. The Morgan fingerprint density at radius 3 is 2.57 bits per heavy atom. The molecule has 3 saturated heterocycles. The molecule has 3 aliphatic rings. The van der Waals surface area contributed by atoms with Crippen molar-refractivity contribution in [1.29, 1.82) is 0 Å². The van der Waals surface area contributed by atoms with E-state index in [1.165, 1.54) is 25.7 Å². The van der Waals surface area contributed by atoms with Crippen LogP contribution in [-0.4, -0.2) is 48.2 Å².